The molecular formula is C12H26N4O5. The number of aliphatic hydroxyl groups excluding tert-OH is 1. The lowest BCUT2D eigenvalue weighted by atomic mass is 10.1. The SMILES string of the molecule is NCC(O)CC[C@H](N)C(=O)OC(CN)CC[C@H](N)C(=O)O. The maximum Gasteiger partial charge on any atom is 0.323 e. The Labute approximate surface area is 123 Å². The standard InChI is InChI=1S/C12H26N4O5/c13-5-7(17)1-3-10(16)12(20)21-8(6-14)2-4-9(15)11(18)19/h7-10,17H,1-6,13-16H2,(H,18,19)/t7?,8?,9-,10-/m0/s1. The molecule has 2 unspecified atom stereocenters. The molecule has 0 bridgehead atoms. The third kappa shape index (κ3) is 8.58. The highest BCUT2D eigenvalue weighted by Crippen LogP contribution is 2.07. The summed E-state index contributed by atoms with van der Waals surface area (Å²) >= 11 is 0. The molecule has 0 rings (SSSR count). The van der Waals surface area contributed by atoms with Gasteiger partial charge in [-0.05, 0) is 25.7 Å². The number of ether oxygens (including phenoxy) is 1. The van der Waals surface area contributed by atoms with E-state index in [0.29, 0.717) is 6.42 Å². The summed E-state index contributed by atoms with van der Waals surface area (Å²) in [4.78, 5) is 22.3. The number of rotatable bonds is 11. The molecule has 0 saturated carbocycles. The zero-order valence-electron chi connectivity index (χ0n) is 12.0. The third-order valence-corrected chi connectivity index (χ3v) is 3.05. The van der Waals surface area contributed by atoms with Crippen LogP contribution in [0.25, 0.3) is 0 Å². The summed E-state index contributed by atoms with van der Waals surface area (Å²) in [6.07, 6.45) is -0.414. The number of carbonyl (C=O) groups is 2. The molecule has 0 fully saturated rings. The number of hydrogen-bond donors (Lipinski definition) is 6. The van der Waals surface area contributed by atoms with Gasteiger partial charge in [0, 0.05) is 13.1 Å². The molecule has 0 aliphatic carbocycles. The molecule has 0 radical (unpaired) electrons. The Bertz CT molecular complexity index is 329. The molecule has 0 aromatic heterocycles. The molecule has 0 amide bonds. The van der Waals surface area contributed by atoms with Crippen molar-refractivity contribution >= 4 is 11.9 Å². The monoisotopic (exact) mass is 306 g/mol. The van der Waals surface area contributed by atoms with Crippen LogP contribution in [0.2, 0.25) is 0 Å². The molecule has 9 nitrogen and oxygen atoms in total. The lowest BCUT2D eigenvalue weighted by Crippen LogP contribution is -2.39. The largest absolute Gasteiger partial charge is 0.480 e. The van der Waals surface area contributed by atoms with Crippen molar-refractivity contribution in [3.05, 3.63) is 0 Å². The minimum Gasteiger partial charge on any atom is -0.480 e. The predicted molar refractivity (Wildman–Crippen MR) is 76.1 cm³/mol. The third-order valence-electron chi connectivity index (χ3n) is 3.05. The lowest BCUT2D eigenvalue weighted by molar-refractivity contribution is -0.151. The first-order chi connectivity index (χ1) is 9.81. The van der Waals surface area contributed by atoms with Crippen LogP contribution in [0.15, 0.2) is 0 Å². The summed E-state index contributed by atoms with van der Waals surface area (Å²) in [5.41, 5.74) is 21.7. The Balaban J connectivity index is 4.15. The summed E-state index contributed by atoms with van der Waals surface area (Å²) in [5, 5.41) is 18.0. The van der Waals surface area contributed by atoms with Gasteiger partial charge in [0.1, 0.15) is 18.2 Å². The van der Waals surface area contributed by atoms with Crippen molar-refractivity contribution in [2.24, 2.45) is 22.9 Å². The molecule has 4 atom stereocenters. The molecule has 124 valence electrons. The van der Waals surface area contributed by atoms with E-state index in [2.05, 4.69) is 0 Å². The van der Waals surface area contributed by atoms with E-state index in [-0.39, 0.29) is 32.4 Å². The number of nitrogens with two attached hydrogens (primary N) is 4. The van der Waals surface area contributed by atoms with E-state index in [1.165, 1.54) is 0 Å². The number of hydrogen-bond acceptors (Lipinski definition) is 8. The first-order valence-electron chi connectivity index (χ1n) is 6.84. The van der Waals surface area contributed by atoms with Crippen LogP contribution in [-0.2, 0) is 14.3 Å². The first kappa shape index (κ1) is 19.7. The normalized spacial score (nSPS) is 16.8. The van der Waals surface area contributed by atoms with Crippen LogP contribution in [0.1, 0.15) is 25.7 Å². The van der Waals surface area contributed by atoms with Crippen molar-refractivity contribution in [1.82, 2.24) is 0 Å². The first-order valence-corrected chi connectivity index (χ1v) is 6.84. The quantitative estimate of drug-likeness (QED) is 0.224. The van der Waals surface area contributed by atoms with E-state index in [1.54, 1.807) is 0 Å². The van der Waals surface area contributed by atoms with Crippen LogP contribution < -0.4 is 22.9 Å². The summed E-state index contributed by atoms with van der Waals surface area (Å²) in [6.45, 7) is 0.149. The van der Waals surface area contributed by atoms with E-state index in [9.17, 15) is 14.7 Å². The van der Waals surface area contributed by atoms with Crippen molar-refractivity contribution < 1.29 is 24.5 Å². The van der Waals surface area contributed by atoms with Crippen molar-refractivity contribution in [2.45, 2.75) is 50.0 Å². The number of carbonyl (C=O) groups excluding carboxylic acids is 1. The van der Waals surface area contributed by atoms with E-state index < -0.39 is 36.2 Å². The van der Waals surface area contributed by atoms with E-state index in [0.717, 1.165) is 0 Å². The molecule has 10 N–H and O–H groups in total. The smallest absolute Gasteiger partial charge is 0.323 e. The fraction of sp³-hybridized carbons (Fsp3) is 0.833. The van der Waals surface area contributed by atoms with E-state index in [4.69, 9.17) is 32.8 Å². The molecule has 0 spiro atoms. The summed E-state index contributed by atoms with van der Waals surface area (Å²) in [5.74, 6) is -1.76. The average molecular weight is 306 g/mol. The maximum atomic E-state index is 11.7. The summed E-state index contributed by atoms with van der Waals surface area (Å²) in [7, 11) is 0. The molecule has 0 aliphatic heterocycles. The molecule has 0 aromatic carbocycles. The molecule has 9 heteroatoms. The van der Waals surface area contributed by atoms with Gasteiger partial charge < -0.3 is 37.9 Å². The Kier molecular flexibility index (Phi) is 9.84. The van der Waals surface area contributed by atoms with Crippen LogP contribution in [0.3, 0.4) is 0 Å². The van der Waals surface area contributed by atoms with Crippen molar-refractivity contribution in [1.29, 1.82) is 0 Å². The molecule has 0 heterocycles. The topological polar surface area (TPSA) is 188 Å². The van der Waals surface area contributed by atoms with Gasteiger partial charge in [-0.25, -0.2) is 0 Å². The second-order valence-electron chi connectivity index (χ2n) is 4.89. The van der Waals surface area contributed by atoms with Crippen molar-refractivity contribution in [2.75, 3.05) is 13.1 Å². The fourth-order valence-electron chi connectivity index (χ4n) is 1.57. The second-order valence-corrected chi connectivity index (χ2v) is 4.89. The fourth-order valence-corrected chi connectivity index (χ4v) is 1.57. The lowest BCUT2D eigenvalue weighted by Gasteiger charge is -2.20. The Morgan fingerprint density at radius 3 is 2.00 bits per heavy atom. The second kappa shape index (κ2) is 10.5. The zero-order chi connectivity index (χ0) is 16.4. The van der Waals surface area contributed by atoms with Gasteiger partial charge in [-0.1, -0.05) is 0 Å². The number of aliphatic carboxylic acids is 1. The molecular weight excluding hydrogens is 280 g/mol. The number of aliphatic hydroxyl groups is 1. The van der Waals surface area contributed by atoms with Crippen LogP contribution >= 0.6 is 0 Å². The number of esters is 1. The van der Waals surface area contributed by atoms with Crippen LogP contribution in [0, 0.1) is 0 Å². The highest BCUT2D eigenvalue weighted by Gasteiger charge is 2.22. The Morgan fingerprint density at radius 1 is 0.952 bits per heavy atom. The van der Waals surface area contributed by atoms with Crippen LogP contribution in [0.5, 0.6) is 0 Å². The summed E-state index contributed by atoms with van der Waals surface area (Å²) < 4.78 is 5.11. The highest BCUT2D eigenvalue weighted by molar-refractivity contribution is 5.75. The maximum absolute atomic E-state index is 11.7. The van der Waals surface area contributed by atoms with Crippen LogP contribution in [0.4, 0.5) is 0 Å². The van der Waals surface area contributed by atoms with Gasteiger partial charge in [0.15, 0.2) is 0 Å². The van der Waals surface area contributed by atoms with Gasteiger partial charge in [0.05, 0.1) is 6.10 Å². The Hall–Kier alpha value is -1.26. The van der Waals surface area contributed by atoms with E-state index >= 15 is 0 Å². The van der Waals surface area contributed by atoms with Crippen LogP contribution in [-0.4, -0.2) is 59.5 Å². The average Bonchev–Trinajstić information content (AvgIpc) is 2.47. The van der Waals surface area contributed by atoms with Crippen molar-refractivity contribution in [3.8, 4) is 0 Å². The van der Waals surface area contributed by atoms with Gasteiger partial charge in [-0.15, -0.1) is 0 Å². The van der Waals surface area contributed by atoms with Gasteiger partial charge >= 0.3 is 11.9 Å². The number of carboxylic acids is 1. The minimum absolute atomic E-state index is 0.0518. The molecule has 21 heavy (non-hydrogen) atoms. The molecule has 0 aromatic rings. The minimum atomic E-state index is -1.12. The van der Waals surface area contributed by atoms with Gasteiger partial charge in [-0.3, -0.25) is 9.59 Å². The summed E-state index contributed by atoms with van der Waals surface area (Å²) in [6, 6.07) is -1.90. The highest BCUT2D eigenvalue weighted by atomic mass is 16.5. The molecule has 0 saturated heterocycles. The van der Waals surface area contributed by atoms with Crippen molar-refractivity contribution in [3.63, 3.8) is 0 Å². The molecule has 0 aliphatic rings. The Morgan fingerprint density at radius 2 is 1.52 bits per heavy atom. The number of carboxylic acid groups (broad SMARTS) is 1. The van der Waals surface area contributed by atoms with Gasteiger partial charge in [0.2, 0.25) is 0 Å². The van der Waals surface area contributed by atoms with Gasteiger partial charge in [0.25, 0.3) is 0 Å². The van der Waals surface area contributed by atoms with E-state index in [1.807, 2.05) is 0 Å². The zero-order valence-corrected chi connectivity index (χ0v) is 12.0. The predicted octanol–water partition coefficient (Wildman–Crippen LogP) is -2.52. The van der Waals surface area contributed by atoms with Gasteiger partial charge in [-0.2, -0.15) is 0 Å².